The van der Waals surface area contributed by atoms with Gasteiger partial charge in [-0.25, -0.2) is 8.42 Å². The summed E-state index contributed by atoms with van der Waals surface area (Å²) in [7, 11) is -3.76. The van der Waals surface area contributed by atoms with Crippen molar-refractivity contribution in [3.8, 4) is 0 Å². The molecule has 4 rings (SSSR count). The molecule has 0 aliphatic heterocycles. The fraction of sp³-hybridized carbons (Fsp3) is 0.212. The van der Waals surface area contributed by atoms with E-state index in [1.54, 1.807) is 60.7 Å². The lowest BCUT2D eigenvalue weighted by Crippen LogP contribution is -2.47. The molecule has 0 aliphatic carbocycles. The number of carbonyl (C=O) groups excluding carboxylic acids is 2. The van der Waals surface area contributed by atoms with Crippen molar-refractivity contribution in [2.75, 3.05) is 12.8 Å². The molecule has 0 radical (unpaired) electrons. The molecule has 1 N–H and O–H groups in total. The molecule has 0 saturated heterocycles. The van der Waals surface area contributed by atoms with Crippen LogP contribution in [0.15, 0.2) is 109 Å². The Morgan fingerprint density at radius 2 is 1.31 bits per heavy atom. The molecule has 218 valence electrons. The van der Waals surface area contributed by atoms with Gasteiger partial charge in [0.15, 0.2) is 0 Å². The van der Waals surface area contributed by atoms with Crippen LogP contribution < -0.4 is 5.32 Å². The Morgan fingerprint density at radius 1 is 0.762 bits per heavy atom. The molecule has 0 saturated carbocycles. The number of sulfonamides is 1. The van der Waals surface area contributed by atoms with E-state index in [-0.39, 0.29) is 25.5 Å². The van der Waals surface area contributed by atoms with Gasteiger partial charge in [-0.3, -0.25) is 9.59 Å². The lowest BCUT2D eigenvalue weighted by atomic mass is 10.0. The van der Waals surface area contributed by atoms with E-state index in [0.717, 1.165) is 32.8 Å². The Labute approximate surface area is 252 Å². The Morgan fingerprint density at radius 3 is 1.90 bits per heavy atom. The van der Waals surface area contributed by atoms with Crippen LogP contribution in [0.25, 0.3) is 0 Å². The number of aryl methyl sites for hydroxylation is 1. The van der Waals surface area contributed by atoms with Gasteiger partial charge in [0.2, 0.25) is 21.8 Å². The van der Waals surface area contributed by atoms with Crippen molar-refractivity contribution in [2.24, 2.45) is 0 Å². The number of amides is 2. The molecule has 1 atom stereocenters. The molecule has 0 aromatic heterocycles. The number of benzene rings is 4. The molecule has 0 heterocycles. The van der Waals surface area contributed by atoms with Gasteiger partial charge in [0.25, 0.3) is 0 Å². The van der Waals surface area contributed by atoms with E-state index in [9.17, 15) is 18.0 Å². The maximum atomic E-state index is 14.1. The van der Waals surface area contributed by atoms with Crippen LogP contribution in [0.1, 0.15) is 33.9 Å². The van der Waals surface area contributed by atoms with Crippen molar-refractivity contribution in [3.05, 3.63) is 142 Å². The number of hydrogen-bond acceptors (Lipinski definition) is 4. The first-order valence-corrected chi connectivity index (χ1v) is 15.7. The highest BCUT2D eigenvalue weighted by Gasteiger charge is 2.33. The van der Waals surface area contributed by atoms with Crippen LogP contribution in [-0.2, 0) is 39.2 Å². The lowest BCUT2D eigenvalue weighted by Gasteiger charge is -2.33. The Kier molecular flexibility index (Phi) is 10.5. The van der Waals surface area contributed by atoms with Crippen LogP contribution in [0.3, 0.4) is 0 Å². The summed E-state index contributed by atoms with van der Waals surface area (Å²) in [5, 5.41) is 3.52. The molecule has 0 bridgehead atoms. The van der Waals surface area contributed by atoms with Crippen molar-refractivity contribution in [2.45, 2.75) is 32.6 Å². The summed E-state index contributed by atoms with van der Waals surface area (Å²) in [4.78, 5) is 29.4. The summed E-state index contributed by atoms with van der Waals surface area (Å²) < 4.78 is 26.7. The third kappa shape index (κ3) is 8.76. The monoisotopic (exact) mass is 603 g/mol. The van der Waals surface area contributed by atoms with E-state index in [1.165, 1.54) is 4.90 Å². The van der Waals surface area contributed by atoms with Gasteiger partial charge < -0.3 is 10.2 Å². The van der Waals surface area contributed by atoms with Gasteiger partial charge in [0.05, 0.1) is 12.8 Å². The van der Waals surface area contributed by atoms with Crippen LogP contribution in [0.2, 0.25) is 5.02 Å². The zero-order chi connectivity index (χ0) is 30.1. The number of nitrogens with one attached hydrogen (secondary N) is 1. The summed E-state index contributed by atoms with van der Waals surface area (Å²) in [5.41, 5.74) is 4.12. The number of carbonyl (C=O) groups is 2. The smallest absolute Gasteiger partial charge is 0.247 e. The van der Waals surface area contributed by atoms with E-state index < -0.39 is 28.5 Å². The van der Waals surface area contributed by atoms with E-state index in [0.29, 0.717) is 10.6 Å². The zero-order valence-electron chi connectivity index (χ0n) is 23.6. The van der Waals surface area contributed by atoms with E-state index in [2.05, 4.69) is 5.32 Å². The first kappa shape index (κ1) is 31.0. The first-order chi connectivity index (χ1) is 20.1. The molecule has 0 spiro atoms. The number of hydrogen-bond donors (Lipinski definition) is 1. The number of halogens is 1. The second-order valence-electron chi connectivity index (χ2n) is 10.2. The molecule has 2 amide bonds. The summed E-state index contributed by atoms with van der Waals surface area (Å²) in [5.74, 6) is -0.885. The summed E-state index contributed by atoms with van der Waals surface area (Å²) in [6.45, 7) is 1.92. The van der Waals surface area contributed by atoms with Gasteiger partial charge in [-0.1, -0.05) is 114 Å². The second-order valence-corrected chi connectivity index (χ2v) is 12.6. The average molecular weight is 604 g/mol. The van der Waals surface area contributed by atoms with Crippen molar-refractivity contribution in [1.82, 2.24) is 14.5 Å². The maximum Gasteiger partial charge on any atom is 0.247 e. The maximum absolute atomic E-state index is 14.1. The summed E-state index contributed by atoms with van der Waals surface area (Å²) >= 11 is 6.11. The van der Waals surface area contributed by atoms with Gasteiger partial charge in [0, 0.05) is 24.7 Å². The molecule has 0 unspecified atom stereocenters. The quantitative estimate of drug-likeness (QED) is 0.232. The van der Waals surface area contributed by atoms with Crippen molar-refractivity contribution < 1.29 is 18.0 Å². The highest BCUT2D eigenvalue weighted by molar-refractivity contribution is 7.88. The third-order valence-corrected chi connectivity index (χ3v) is 8.28. The molecule has 42 heavy (non-hydrogen) atoms. The average Bonchev–Trinajstić information content (AvgIpc) is 2.98. The van der Waals surface area contributed by atoms with E-state index in [4.69, 9.17) is 11.6 Å². The largest absolute Gasteiger partial charge is 0.350 e. The van der Waals surface area contributed by atoms with Crippen LogP contribution in [0, 0.1) is 6.92 Å². The predicted molar refractivity (Wildman–Crippen MR) is 166 cm³/mol. The van der Waals surface area contributed by atoms with Crippen molar-refractivity contribution >= 4 is 33.4 Å². The first-order valence-electron chi connectivity index (χ1n) is 13.5. The van der Waals surface area contributed by atoms with Crippen LogP contribution in [0.5, 0.6) is 0 Å². The molecule has 4 aromatic rings. The van der Waals surface area contributed by atoms with Gasteiger partial charge in [-0.2, -0.15) is 4.31 Å². The van der Waals surface area contributed by atoms with E-state index >= 15 is 0 Å². The fourth-order valence-corrected chi connectivity index (χ4v) is 5.38. The number of nitrogens with zero attached hydrogens (tertiary/aromatic N) is 2. The molecular weight excluding hydrogens is 570 g/mol. The van der Waals surface area contributed by atoms with Gasteiger partial charge in [0.1, 0.15) is 6.04 Å². The van der Waals surface area contributed by atoms with Crippen molar-refractivity contribution in [1.29, 1.82) is 0 Å². The van der Waals surface area contributed by atoms with Crippen LogP contribution >= 0.6 is 11.6 Å². The summed E-state index contributed by atoms with van der Waals surface area (Å²) in [6, 6.07) is 31.9. The Hall–Kier alpha value is -3.98. The predicted octanol–water partition coefficient (Wildman–Crippen LogP) is 5.50. The SMILES string of the molecule is Cc1ccc(CNC(=O)[C@@H](c2ccccc2)N(Cc2ccc(Cl)cc2)C(=O)CN(Cc2ccccc2)S(C)(=O)=O)cc1. The highest BCUT2D eigenvalue weighted by atomic mass is 35.5. The molecular formula is C33H34ClN3O4S. The normalized spacial score (nSPS) is 12.1. The Balaban J connectivity index is 1.69. The van der Waals surface area contributed by atoms with E-state index in [1.807, 2.05) is 55.5 Å². The van der Waals surface area contributed by atoms with Crippen LogP contribution in [-0.4, -0.2) is 42.2 Å². The molecule has 9 heteroatoms. The van der Waals surface area contributed by atoms with Gasteiger partial charge >= 0.3 is 0 Å². The standard InChI is InChI=1S/C33H34ClN3O4S/c1-25-13-15-26(16-14-25)21-35-33(39)32(29-11-7-4-8-12-29)37(23-28-17-19-30(34)20-18-28)31(38)24-36(42(2,40)41)22-27-9-5-3-6-10-27/h3-20,32H,21-24H2,1-2H3,(H,35,39)/t32-/m1/s1. The minimum absolute atomic E-state index is 0.0236. The minimum atomic E-state index is -3.76. The van der Waals surface area contributed by atoms with Crippen LogP contribution in [0.4, 0.5) is 0 Å². The molecule has 7 nitrogen and oxygen atoms in total. The topological polar surface area (TPSA) is 86.8 Å². The molecule has 0 fully saturated rings. The van der Waals surface area contributed by atoms with Gasteiger partial charge in [-0.15, -0.1) is 0 Å². The van der Waals surface area contributed by atoms with Gasteiger partial charge in [-0.05, 0) is 41.3 Å². The molecule has 4 aromatic carbocycles. The number of rotatable bonds is 12. The third-order valence-electron chi connectivity index (χ3n) is 6.83. The second kappa shape index (κ2) is 14.3. The van der Waals surface area contributed by atoms with Crippen molar-refractivity contribution in [3.63, 3.8) is 0 Å². The highest BCUT2D eigenvalue weighted by Crippen LogP contribution is 2.25. The lowest BCUT2D eigenvalue weighted by molar-refractivity contribution is -0.141. The molecule has 0 aliphatic rings. The summed E-state index contributed by atoms with van der Waals surface area (Å²) in [6.07, 6.45) is 1.08. The zero-order valence-corrected chi connectivity index (χ0v) is 25.2. The fourth-order valence-electron chi connectivity index (χ4n) is 4.53. The Bertz CT molecular complexity index is 1580. The minimum Gasteiger partial charge on any atom is -0.350 e.